The number of aliphatic hydroxyl groups excluding tert-OH is 1. The Morgan fingerprint density at radius 2 is 2.05 bits per heavy atom. The van der Waals surface area contributed by atoms with Gasteiger partial charge in [0.25, 0.3) is 0 Å². The summed E-state index contributed by atoms with van der Waals surface area (Å²) in [5.41, 5.74) is 1.80. The van der Waals surface area contributed by atoms with E-state index in [1.54, 1.807) is 4.68 Å². The fraction of sp³-hybridized carbons (Fsp3) is 0.333. The third kappa shape index (κ3) is 3.82. The van der Waals surface area contributed by atoms with Crippen molar-refractivity contribution in [2.75, 3.05) is 18.5 Å². The van der Waals surface area contributed by atoms with E-state index in [1.165, 1.54) is 0 Å². The van der Waals surface area contributed by atoms with E-state index >= 15 is 0 Å². The topological polar surface area (TPSA) is 79.2 Å². The number of nitrogens with zero attached hydrogens (tertiary/aromatic N) is 2. The Balaban J connectivity index is 2.24. The molecule has 0 aliphatic heterocycles. The Morgan fingerprint density at radius 3 is 2.67 bits per heavy atom. The molecule has 2 amide bonds. The first-order valence-corrected chi connectivity index (χ1v) is 6.92. The van der Waals surface area contributed by atoms with Crippen molar-refractivity contribution in [2.45, 2.75) is 19.9 Å². The molecule has 0 fully saturated rings. The van der Waals surface area contributed by atoms with Crippen LogP contribution in [0.5, 0.6) is 0 Å². The lowest BCUT2D eigenvalue weighted by atomic mass is 10.2. The molecule has 112 valence electrons. The standard InChI is InChI=1S/C15H20N4O2/c1-11(2)19-14(17-15(21)16-8-9-20)10-13(18-19)12-6-4-3-5-7-12/h3-7,10-11,20H,8-9H2,1-2H3,(H2,16,17,21). The molecule has 0 saturated heterocycles. The lowest BCUT2D eigenvalue weighted by Gasteiger charge is -2.11. The van der Waals surface area contributed by atoms with E-state index in [4.69, 9.17) is 5.11 Å². The highest BCUT2D eigenvalue weighted by molar-refractivity contribution is 5.89. The van der Waals surface area contributed by atoms with Crippen LogP contribution in [-0.2, 0) is 0 Å². The van der Waals surface area contributed by atoms with Gasteiger partial charge < -0.3 is 10.4 Å². The minimum absolute atomic E-state index is 0.0911. The van der Waals surface area contributed by atoms with E-state index in [9.17, 15) is 4.79 Å². The summed E-state index contributed by atoms with van der Waals surface area (Å²) in [4.78, 5) is 11.7. The van der Waals surface area contributed by atoms with Gasteiger partial charge in [-0.3, -0.25) is 5.32 Å². The normalized spacial score (nSPS) is 10.7. The molecule has 1 aromatic carbocycles. The zero-order valence-electron chi connectivity index (χ0n) is 12.2. The summed E-state index contributed by atoms with van der Waals surface area (Å²) >= 11 is 0. The first kappa shape index (κ1) is 15.1. The number of hydrogen-bond acceptors (Lipinski definition) is 3. The second-order valence-electron chi connectivity index (χ2n) is 4.92. The summed E-state index contributed by atoms with van der Waals surface area (Å²) in [5.74, 6) is 0.624. The Morgan fingerprint density at radius 1 is 1.33 bits per heavy atom. The molecule has 21 heavy (non-hydrogen) atoms. The average molecular weight is 288 g/mol. The predicted molar refractivity (Wildman–Crippen MR) is 82.2 cm³/mol. The van der Waals surface area contributed by atoms with Gasteiger partial charge in [0, 0.05) is 24.2 Å². The van der Waals surface area contributed by atoms with Gasteiger partial charge in [-0.05, 0) is 13.8 Å². The number of benzene rings is 1. The van der Waals surface area contributed by atoms with Crippen LogP contribution in [0.2, 0.25) is 0 Å². The Bertz CT molecular complexity index is 593. The highest BCUT2D eigenvalue weighted by atomic mass is 16.3. The third-order valence-corrected chi connectivity index (χ3v) is 2.93. The fourth-order valence-electron chi connectivity index (χ4n) is 1.96. The van der Waals surface area contributed by atoms with Crippen molar-refractivity contribution in [3.63, 3.8) is 0 Å². The summed E-state index contributed by atoms with van der Waals surface area (Å²) in [6, 6.07) is 11.4. The van der Waals surface area contributed by atoms with Crippen LogP contribution in [0.4, 0.5) is 10.6 Å². The van der Waals surface area contributed by atoms with Crippen molar-refractivity contribution in [3.8, 4) is 11.3 Å². The highest BCUT2D eigenvalue weighted by Crippen LogP contribution is 2.24. The maximum Gasteiger partial charge on any atom is 0.320 e. The van der Waals surface area contributed by atoms with Gasteiger partial charge in [0.05, 0.1) is 12.3 Å². The van der Waals surface area contributed by atoms with Crippen LogP contribution < -0.4 is 10.6 Å². The largest absolute Gasteiger partial charge is 0.395 e. The van der Waals surface area contributed by atoms with E-state index in [-0.39, 0.29) is 25.2 Å². The SMILES string of the molecule is CC(C)n1nc(-c2ccccc2)cc1NC(=O)NCCO. The summed E-state index contributed by atoms with van der Waals surface area (Å²) in [6.07, 6.45) is 0. The number of carbonyl (C=O) groups excluding carboxylic acids is 1. The van der Waals surface area contributed by atoms with Crippen LogP contribution in [0.1, 0.15) is 19.9 Å². The number of hydrogen-bond donors (Lipinski definition) is 3. The monoisotopic (exact) mass is 288 g/mol. The fourth-order valence-corrected chi connectivity index (χ4v) is 1.96. The van der Waals surface area contributed by atoms with Crippen LogP contribution in [0.15, 0.2) is 36.4 Å². The van der Waals surface area contributed by atoms with Gasteiger partial charge >= 0.3 is 6.03 Å². The molecule has 0 unspecified atom stereocenters. The summed E-state index contributed by atoms with van der Waals surface area (Å²) in [6.45, 7) is 4.12. The number of anilines is 1. The second-order valence-corrected chi connectivity index (χ2v) is 4.92. The maximum absolute atomic E-state index is 11.7. The summed E-state index contributed by atoms with van der Waals surface area (Å²) in [5, 5.41) is 18.6. The van der Waals surface area contributed by atoms with E-state index in [0.717, 1.165) is 11.3 Å². The molecule has 0 aliphatic carbocycles. The third-order valence-electron chi connectivity index (χ3n) is 2.93. The molecular formula is C15H20N4O2. The van der Waals surface area contributed by atoms with E-state index < -0.39 is 0 Å². The van der Waals surface area contributed by atoms with Crippen molar-refractivity contribution in [2.24, 2.45) is 0 Å². The van der Waals surface area contributed by atoms with E-state index in [0.29, 0.717) is 5.82 Å². The predicted octanol–water partition coefficient (Wildman–Crippen LogP) is 2.24. The summed E-state index contributed by atoms with van der Waals surface area (Å²) in [7, 11) is 0. The number of aromatic nitrogens is 2. The van der Waals surface area contributed by atoms with Crippen molar-refractivity contribution in [1.29, 1.82) is 0 Å². The molecule has 0 spiro atoms. The van der Waals surface area contributed by atoms with Crippen LogP contribution in [0.25, 0.3) is 11.3 Å². The maximum atomic E-state index is 11.7. The van der Waals surface area contributed by atoms with Crippen LogP contribution in [-0.4, -0.2) is 34.1 Å². The quantitative estimate of drug-likeness (QED) is 0.789. The first-order valence-electron chi connectivity index (χ1n) is 6.92. The Hall–Kier alpha value is -2.34. The second kappa shape index (κ2) is 6.90. The molecule has 0 radical (unpaired) electrons. The molecule has 1 heterocycles. The molecule has 0 atom stereocenters. The molecular weight excluding hydrogens is 268 g/mol. The molecule has 0 aliphatic rings. The van der Waals surface area contributed by atoms with Crippen LogP contribution in [0.3, 0.4) is 0 Å². The van der Waals surface area contributed by atoms with E-state index in [2.05, 4.69) is 15.7 Å². The van der Waals surface area contributed by atoms with Crippen LogP contribution >= 0.6 is 0 Å². The van der Waals surface area contributed by atoms with Crippen molar-refractivity contribution >= 4 is 11.8 Å². The van der Waals surface area contributed by atoms with Crippen LogP contribution in [0, 0.1) is 0 Å². The number of rotatable bonds is 5. The van der Waals surface area contributed by atoms with Gasteiger partial charge in [-0.1, -0.05) is 30.3 Å². The Kier molecular flexibility index (Phi) is 4.94. The smallest absolute Gasteiger partial charge is 0.320 e. The lowest BCUT2D eigenvalue weighted by molar-refractivity contribution is 0.244. The van der Waals surface area contributed by atoms with Gasteiger partial charge in [-0.2, -0.15) is 5.10 Å². The average Bonchev–Trinajstić information content (AvgIpc) is 2.90. The number of nitrogens with one attached hydrogen (secondary N) is 2. The van der Waals surface area contributed by atoms with Gasteiger partial charge in [0.15, 0.2) is 0 Å². The zero-order valence-corrected chi connectivity index (χ0v) is 12.2. The highest BCUT2D eigenvalue weighted by Gasteiger charge is 2.13. The van der Waals surface area contributed by atoms with Gasteiger partial charge in [0.2, 0.25) is 0 Å². The zero-order chi connectivity index (χ0) is 15.2. The molecule has 3 N–H and O–H groups in total. The molecule has 1 aromatic heterocycles. The molecule has 2 rings (SSSR count). The van der Waals surface area contributed by atoms with Gasteiger partial charge in [0.1, 0.15) is 5.82 Å². The molecule has 2 aromatic rings. The number of urea groups is 1. The van der Waals surface area contributed by atoms with E-state index in [1.807, 2.05) is 50.2 Å². The van der Waals surface area contributed by atoms with Gasteiger partial charge in [-0.15, -0.1) is 0 Å². The Labute approximate surface area is 123 Å². The molecule has 6 heteroatoms. The molecule has 6 nitrogen and oxygen atoms in total. The van der Waals surface area contributed by atoms with Gasteiger partial charge in [-0.25, -0.2) is 9.48 Å². The number of carbonyl (C=O) groups is 1. The minimum atomic E-state index is -0.356. The number of aliphatic hydroxyl groups is 1. The first-order chi connectivity index (χ1) is 10.1. The van der Waals surface area contributed by atoms with Crippen molar-refractivity contribution in [1.82, 2.24) is 15.1 Å². The van der Waals surface area contributed by atoms with Crippen molar-refractivity contribution < 1.29 is 9.90 Å². The van der Waals surface area contributed by atoms with Crippen molar-refractivity contribution in [3.05, 3.63) is 36.4 Å². The number of amides is 2. The molecule has 0 bridgehead atoms. The molecule has 0 saturated carbocycles. The summed E-state index contributed by atoms with van der Waals surface area (Å²) < 4.78 is 1.76. The lowest BCUT2D eigenvalue weighted by Crippen LogP contribution is -2.31. The minimum Gasteiger partial charge on any atom is -0.395 e.